The van der Waals surface area contributed by atoms with Crippen LogP contribution in [0.1, 0.15) is 55.4 Å². The molecule has 8 heteroatoms. The molecule has 1 saturated heterocycles. The summed E-state index contributed by atoms with van der Waals surface area (Å²) < 4.78 is 10.0. The molecule has 1 atom stereocenters. The van der Waals surface area contributed by atoms with Crippen molar-refractivity contribution in [1.82, 2.24) is 9.80 Å². The highest BCUT2D eigenvalue weighted by Gasteiger charge is 2.59. The van der Waals surface area contributed by atoms with Gasteiger partial charge in [0.25, 0.3) is 5.91 Å². The maximum Gasteiger partial charge on any atom is 0.328 e. The predicted octanol–water partition coefficient (Wildman–Crippen LogP) is 1.96. The number of rotatable bonds is 5. The van der Waals surface area contributed by atoms with Crippen molar-refractivity contribution in [3.05, 3.63) is 0 Å². The van der Waals surface area contributed by atoms with Crippen molar-refractivity contribution in [1.29, 1.82) is 0 Å². The molecule has 0 aromatic rings. The molecule has 0 aliphatic carbocycles. The standard InChI is InChI=1S/C18H30N2O6/c1-9-25-14(22)11(15(23)26-10-2)12-13(21)20(18(6,7)8)16(24)19(12)17(3,4)5/h11-12H,9-10H2,1-8H3/t12-/m0/s1. The van der Waals surface area contributed by atoms with Gasteiger partial charge in [0.05, 0.1) is 13.2 Å². The molecule has 3 amide bonds. The molecule has 0 unspecified atom stereocenters. The third-order valence-corrected chi connectivity index (χ3v) is 3.94. The van der Waals surface area contributed by atoms with Crippen molar-refractivity contribution in [2.24, 2.45) is 5.92 Å². The highest BCUT2D eigenvalue weighted by molar-refractivity contribution is 6.11. The summed E-state index contributed by atoms with van der Waals surface area (Å²) in [6, 6.07) is -1.85. The van der Waals surface area contributed by atoms with Crippen molar-refractivity contribution in [2.45, 2.75) is 72.5 Å². The van der Waals surface area contributed by atoms with E-state index in [1.807, 2.05) is 0 Å². The van der Waals surface area contributed by atoms with Crippen LogP contribution in [0.25, 0.3) is 0 Å². The van der Waals surface area contributed by atoms with Crippen LogP contribution in [-0.4, -0.2) is 64.0 Å². The zero-order chi connectivity index (χ0) is 20.4. The summed E-state index contributed by atoms with van der Waals surface area (Å²) in [4.78, 5) is 53.5. The van der Waals surface area contributed by atoms with E-state index in [4.69, 9.17) is 9.47 Å². The van der Waals surface area contributed by atoms with Crippen molar-refractivity contribution >= 4 is 23.9 Å². The number of carbonyl (C=O) groups excluding carboxylic acids is 4. The molecule has 0 spiro atoms. The molecule has 1 aliphatic heterocycles. The van der Waals surface area contributed by atoms with Crippen molar-refractivity contribution in [3.63, 3.8) is 0 Å². The summed E-state index contributed by atoms with van der Waals surface area (Å²) in [6.45, 7) is 13.7. The zero-order valence-corrected chi connectivity index (χ0v) is 16.9. The second-order valence-electron chi connectivity index (χ2n) is 8.09. The summed E-state index contributed by atoms with van der Waals surface area (Å²) in [7, 11) is 0. The zero-order valence-electron chi connectivity index (χ0n) is 16.9. The Bertz CT molecular complexity index is 569. The molecule has 8 nitrogen and oxygen atoms in total. The fourth-order valence-electron chi connectivity index (χ4n) is 3.00. The molecule has 26 heavy (non-hydrogen) atoms. The first-order valence-electron chi connectivity index (χ1n) is 8.79. The van der Waals surface area contributed by atoms with Crippen LogP contribution in [-0.2, 0) is 23.9 Å². The van der Waals surface area contributed by atoms with E-state index in [9.17, 15) is 19.2 Å². The van der Waals surface area contributed by atoms with Gasteiger partial charge < -0.3 is 14.4 Å². The molecule has 0 aromatic carbocycles. The summed E-state index contributed by atoms with van der Waals surface area (Å²) in [5.41, 5.74) is -1.60. The van der Waals surface area contributed by atoms with Gasteiger partial charge in [0.1, 0.15) is 6.04 Å². The average molecular weight is 370 g/mol. The molecular weight excluding hydrogens is 340 g/mol. The SMILES string of the molecule is CCOC(=O)C(C(=O)OCC)[C@H]1C(=O)N(C(C)(C)C)C(=O)N1C(C)(C)C. The van der Waals surface area contributed by atoms with E-state index in [2.05, 4.69) is 0 Å². The Morgan fingerprint density at radius 1 is 0.923 bits per heavy atom. The fourth-order valence-corrected chi connectivity index (χ4v) is 3.00. The Morgan fingerprint density at radius 2 is 1.35 bits per heavy atom. The lowest BCUT2D eigenvalue weighted by Gasteiger charge is -2.37. The fraction of sp³-hybridized carbons (Fsp3) is 0.778. The minimum atomic E-state index is -1.53. The first-order chi connectivity index (χ1) is 11.8. The first kappa shape index (κ1) is 21.9. The molecule has 0 saturated carbocycles. The minimum absolute atomic E-state index is 0.0437. The number of hydrogen-bond donors (Lipinski definition) is 0. The number of amides is 3. The van der Waals surface area contributed by atoms with Crippen molar-refractivity contribution in [2.75, 3.05) is 13.2 Å². The maximum absolute atomic E-state index is 13.1. The number of ether oxygens (including phenoxy) is 2. The van der Waals surface area contributed by atoms with Crippen LogP contribution >= 0.6 is 0 Å². The summed E-state index contributed by atoms with van der Waals surface area (Å²) in [5.74, 6) is -3.88. The lowest BCUT2D eigenvalue weighted by Crippen LogP contribution is -2.55. The number of nitrogens with zero attached hydrogens (tertiary/aromatic N) is 2. The van der Waals surface area contributed by atoms with Crippen LogP contribution in [0.5, 0.6) is 0 Å². The molecule has 1 fully saturated rings. The van der Waals surface area contributed by atoms with E-state index >= 15 is 0 Å². The van der Waals surface area contributed by atoms with Crippen LogP contribution in [0.4, 0.5) is 4.79 Å². The monoisotopic (exact) mass is 370 g/mol. The van der Waals surface area contributed by atoms with E-state index < -0.39 is 46.9 Å². The van der Waals surface area contributed by atoms with Gasteiger partial charge in [0.2, 0.25) is 0 Å². The van der Waals surface area contributed by atoms with Gasteiger partial charge >= 0.3 is 18.0 Å². The van der Waals surface area contributed by atoms with Gasteiger partial charge in [-0.05, 0) is 55.4 Å². The molecule has 0 bridgehead atoms. The molecular formula is C18H30N2O6. The highest BCUT2D eigenvalue weighted by atomic mass is 16.6. The lowest BCUT2D eigenvalue weighted by molar-refractivity contribution is -0.167. The van der Waals surface area contributed by atoms with Gasteiger partial charge in [-0.3, -0.25) is 19.3 Å². The van der Waals surface area contributed by atoms with Gasteiger partial charge in [-0.15, -0.1) is 0 Å². The molecule has 148 valence electrons. The maximum atomic E-state index is 13.1. The lowest BCUT2D eigenvalue weighted by atomic mass is 9.94. The second kappa shape index (κ2) is 7.63. The number of imide groups is 1. The van der Waals surface area contributed by atoms with Crippen LogP contribution in [0.2, 0.25) is 0 Å². The Labute approximate surface area is 154 Å². The number of hydrogen-bond acceptors (Lipinski definition) is 6. The molecule has 1 aliphatic rings. The van der Waals surface area contributed by atoms with Crippen LogP contribution in [0.3, 0.4) is 0 Å². The van der Waals surface area contributed by atoms with Gasteiger partial charge in [0, 0.05) is 11.1 Å². The third kappa shape index (κ3) is 4.16. The van der Waals surface area contributed by atoms with E-state index in [0.717, 1.165) is 4.90 Å². The van der Waals surface area contributed by atoms with Gasteiger partial charge in [-0.2, -0.15) is 0 Å². The van der Waals surface area contributed by atoms with E-state index in [-0.39, 0.29) is 13.2 Å². The molecule has 1 heterocycles. The van der Waals surface area contributed by atoms with Gasteiger partial charge in [-0.25, -0.2) is 4.79 Å². The second-order valence-corrected chi connectivity index (χ2v) is 8.09. The molecule has 1 rings (SSSR count). The minimum Gasteiger partial charge on any atom is -0.465 e. The molecule has 0 radical (unpaired) electrons. The smallest absolute Gasteiger partial charge is 0.328 e. The molecule has 0 N–H and O–H groups in total. The Balaban J connectivity index is 3.53. The normalized spacial score (nSPS) is 18.6. The number of carbonyl (C=O) groups is 4. The summed E-state index contributed by atoms with van der Waals surface area (Å²) >= 11 is 0. The van der Waals surface area contributed by atoms with E-state index in [1.54, 1.807) is 55.4 Å². The Hall–Kier alpha value is -2.12. The van der Waals surface area contributed by atoms with E-state index in [0.29, 0.717) is 0 Å². The topological polar surface area (TPSA) is 93.2 Å². The van der Waals surface area contributed by atoms with Crippen molar-refractivity contribution < 1.29 is 28.7 Å². The average Bonchev–Trinajstić information content (AvgIpc) is 2.70. The quantitative estimate of drug-likeness (QED) is 0.417. The number of esters is 2. The largest absolute Gasteiger partial charge is 0.465 e. The van der Waals surface area contributed by atoms with Crippen LogP contribution < -0.4 is 0 Å². The third-order valence-electron chi connectivity index (χ3n) is 3.94. The first-order valence-corrected chi connectivity index (χ1v) is 8.79. The van der Waals surface area contributed by atoms with Gasteiger partial charge in [0.15, 0.2) is 5.92 Å². The Kier molecular flexibility index (Phi) is 6.44. The predicted molar refractivity (Wildman–Crippen MR) is 94.1 cm³/mol. The van der Waals surface area contributed by atoms with Gasteiger partial charge in [-0.1, -0.05) is 0 Å². The van der Waals surface area contributed by atoms with Crippen molar-refractivity contribution in [3.8, 4) is 0 Å². The number of urea groups is 1. The molecule has 0 aromatic heterocycles. The van der Waals surface area contributed by atoms with E-state index in [1.165, 1.54) is 4.90 Å². The summed E-state index contributed by atoms with van der Waals surface area (Å²) in [5, 5.41) is 0. The van der Waals surface area contributed by atoms with Crippen LogP contribution in [0.15, 0.2) is 0 Å². The van der Waals surface area contributed by atoms with Crippen LogP contribution in [0, 0.1) is 5.92 Å². The Morgan fingerprint density at radius 3 is 1.65 bits per heavy atom. The summed E-state index contributed by atoms with van der Waals surface area (Å²) in [6.07, 6.45) is 0. The highest BCUT2D eigenvalue weighted by Crippen LogP contribution is 2.35.